The number of halogens is 1. The van der Waals surface area contributed by atoms with Crippen molar-refractivity contribution in [3.8, 4) is 23.4 Å². The number of nitrogens with zero attached hydrogens (tertiary/aromatic N) is 5. The Morgan fingerprint density at radius 3 is 2.90 bits per heavy atom. The fraction of sp³-hybridized carbons (Fsp3) is 0.238. The molecule has 4 rings (SSSR count). The molecule has 1 atom stereocenters. The van der Waals surface area contributed by atoms with Crippen LogP contribution in [0.2, 0.25) is 0 Å². The molecule has 1 aromatic carbocycles. The van der Waals surface area contributed by atoms with Crippen LogP contribution in [-0.4, -0.2) is 27.6 Å². The molecule has 0 N–H and O–H groups in total. The highest BCUT2D eigenvalue weighted by molar-refractivity contribution is 5.45. The highest BCUT2D eigenvalue weighted by atomic mass is 19.1. The molecule has 152 valence electrons. The van der Waals surface area contributed by atoms with Crippen molar-refractivity contribution in [2.75, 3.05) is 11.9 Å². The van der Waals surface area contributed by atoms with Crippen LogP contribution < -0.4 is 20.1 Å². The molecule has 0 saturated carbocycles. The van der Waals surface area contributed by atoms with Gasteiger partial charge >= 0.3 is 5.69 Å². The normalized spacial score (nSPS) is 14.9. The van der Waals surface area contributed by atoms with Crippen LogP contribution in [0.15, 0.2) is 47.5 Å². The topological polar surface area (TPSA) is 93.3 Å². The summed E-state index contributed by atoms with van der Waals surface area (Å²) in [6.07, 6.45) is 2.79. The van der Waals surface area contributed by atoms with Crippen molar-refractivity contribution in [3.63, 3.8) is 0 Å². The Kier molecular flexibility index (Phi) is 5.06. The van der Waals surface area contributed by atoms with Gasteiger partial charge in [0.25, 0.3) is 0 Å². The maximum Gasteiger partial charge on any atom is 0.352 e. The number of likely N-dealkylation sites (N-methyl/N-ethyl adjacent to an activating group) is 1. The van der Waals surface area contributed by atoms with Crippen molar-refractivity contribution >= 4 is 5.82 Å². The molecule has 0 spiro atoms. The first-order valence-electron chi connectivity index (χ1n) is 9.23. The van der Waals surface area contributed by atoms with E-state index in [1.807, 2.05) is 24.9 Å². The van der Waals surface area contributed by atoms with Gasteiger partial charge in [-0.1, -0.05) is 6.07 Å². The van der Waals surface area contributed by atoms with E-state index < -0.39 is 5.82 Å². The van der Waals surface area contributed by atoms with Gasteiger partial charge in [0.2, 0.25) is 5.88 Å². The molecular weight excluding hydrogens is 389 g/mol. The number of aromatic nitrogens is 3. The number of pyridine rings is 1. The van der Waals surface area contributed by atoms with Crippen molar-refractivity contribution in [2.45, 2.75) is 26.1 Å². The van der Waals surface area contributed by atoms with Crippen LogP contribution in [0.5, 0.6) is 17.4 Å². The number of anilines is 1. The van der Waals surface area contributed by atoms with Crippen LogP contribution in [-0.2, 0) is 13.2 Å². The van der Waals surface area contributed by atoms with E-state index in [1.54, 1.807) is 16.7 Å². The number of nitriles is 1. The van der Waals surface area contributed by atoms with E-state index in [1.165, 1.54) is 30.6 Å². The summed E-state index contributed by atoms with van der Waals surface area (Å²) in [5.74, 6) is 0.597. The third-order valence-corrected chi connectivity index (χ3v) is 4.89. The molecule has 0 fully saturated rings. The molecule has 30 heavy (non-hydrogen) atoms. The Hall–Kier alpha value is -3.93. The molecule has 1 unspecified atom stereocenters. The summed E-state index contributed by atoms with van der Waals surface area (Å²) < 4.78 is 27.1. The zero-order valence-corrected chi connectivity index (χ0v) is 16.4. The Balaban J connectivity index is 1.46. The molecule has 0 amide bonds. The monoisotopic (exact) mass is 407 g/mol. The molecule has 9 heteroatoms. The van der Waals surface area contributed by atoms with E-state index in [-0.39, 0.29) is 35.7 Å². The van der Waals surface area contributed by atoms with Gasteiger partial charge in [0.1, 0.15) is 24.2 Å². The molecule has 8 nitrogen and oxygen atoms in total. The second-order valence-corrected chi connectivity index (χ2v) is 6.98. The summed E-state index contributed by atoms with van der Waals surface area (Å²) in [6.45, 7) is 2.64. The lowest BCUT2D eigenvalue weighted by Gasteiger charge is -2.16. The molecule has 0 radical (unpaired) electrons. The first-order valence-corrected chi connectivity index (χ1v) is 9.23. The fourth-order valence-corrected chi connectivity index (χ4v) is 3.16. The second-order valence-electron chi connectivity index (χ2n) is 6.98. The number of ether oxygens (including phenoxy) is 2. The highest BCUT2D eigenvalue weighted by Crippen LogP contribution is 2.27. The number of rotatable bonds is 5. The van der Waals surface area contributed by atoms with Crippen molar-refractivity contribution in [3.05, 3.63) is 70.2 Å². The third kappa shape index (κ3) is 3.80. The van der Waals surface area contributed by atoms with E-state index in [2.05, 4.69) is 9.97 Å². The smallest absolute Gasteiger partial charge is 0.352 e. The largest absolute Gasteiger partial charge is 0.473 e. The Morgan fingerprint density at radius 2 is 2.13 bits per heavy atom. The van der Waals surface area contributed by atoms with Gasteiger partial charge < -0.3 is 14.4 Å². The molecule has 1 aliphatic rings. The van der Waals surface area contributed by atoms with Gasteiger partial charge in [0.05, 0.1) is 11.8 Å². The summed E-state index contributed by atoms with van der Waals surface area (Å²) >= 11 is 0. The summed E-state index contributed by atoms with van der Waals surface area (Å²) in [5, 5.41) is 8.91. The third-order valence-electron chi connectivity index (χ3n) is 4.89. The predicted octanol–water partition coefficient (Wildman–Crippen LogP) is 2.86. The molecule has 0 bridgehead atoms. The molecule has 0 saturated heterocycles. The second kappa shape index (κ2) is 7.83. The van der Waals surface area contributed by atoms with Crippen LogP contribution in [0.4, 0.5) is 10.2 Å². The van der Waals surface area contributed by atoms with Crippen LogP contribution in [0, 0.1) is 17.1 Å². The minimum Gasteiger partial charge on any atom is -0.473 e. The van der Waals surface area contributed by atoms with Gasteiger partial charge in [-0.15, -0.1) is 0 Å². The first kappa shape index (κ1) is 19.4. The maximum atomic E-state index is 14.4. The van der Waals surface area contributed by atoms with Gasteiger partial charge in [-0.25, -0.2) is 9.18 Å². The highest BCUT2D eigenvalue weighted by Gasteiger charge is 2.25. The number of fused-ring (bicyclic) bond motifs is 1. The van der Waals surface area contributed by atoms with Crippen LogP contribution in [0.1, 0.15) is 18.1 Å². The molecule has 3 aromatic rings. The minimum absolute atomic E-state index is 0.000141. The summed E-state index contributed by atoms with van der Waals surface area (Å²) in [4.78, 5) is 22.0. The van der Waals surface area contributed by atoms with Crippen molar-refractivity contribution < 1.29 is 13.9 Å². The van der Waals surface area contributed by atoms with Crippen molar-refractivity contribution in [1.82, 2.24) is 14.5 Å². The lowest BCUT2D eigenvalue weighted by atomic mass is 10.2. The van der Waals surface area contributed by atoms with Crippen LogP contribution >= 0.6 is 0 Å². The van der Waals surface area contributed by atoms with E-state index >= 15 is 0 Å². The minimum atomic E-state index is -0.589. The summed E-state index contributed by atoms with van der Waals surface area (Å²) in [5.41, 5.74) is 0.491. The molecule has 0 aliphatic carbocycles. The average Bonchev–Trinajstić information content (AvgIpc) is 3.03. The van der Waals surface area contributed by atoms with Crippen LogP contribution in [0.3, 0.4) is 0 Å². The predicted molar refractivity (Wildman–Crippen MR) is 106 cm³/mol. The van der Waals surface area contributed by atoms with E-state index in [9.17, 15) is 9.18 Å². The van der Waals surface area contributed by atoms with Gasteiger partial charge in [-0.3, -0.25) is 9.55 Å². The number of hydrogen-bond donors (Lipinski definition) is 0. The molecular formula is C21H18FN5O3. The van der Waals surface area contributed by atoms with Gasteiger partial charge in [0, 0.05) is 38.0 Å². The average molecular weight is 407 g/mol. The Morgan fingerprint density at radius 1 is 1.30 bits per heavy atom. The lowest BCUT2D eigenvalue weighted by Crippen LogP contribution is -2.23. The van der Waals surface area contributed by atoms with Crippen molar-refractivity contribution in [1.29, 1.82) is 5.26 Å². The molecule has 3 heterocycles. The van der Waals surface area contributed by atoms with Gasteiger partial charge in [-0.2, -0.15) is 10.2 Å². The SMILES string of the molecule is CC1Cn2c(cc(OCc3ccc(Oc4cncc(C#N)c4)c(F)c3)nc2=O)N1C. The van der Waals surface area contributed by atoms with Crippen LogP contribution in [0.25, 0.3) is 0 Å². The maximum absolute atomic E-state index is 14.4. The number of benzene rings is 1. The molecule has 2 aromatic heterocycles. The quantitative estimate of drug-likeness (QED) is 0.642. The van der Waals surface area contributed by atoms with Crippen molar-refractivity contribution in [2.24, 2.45) is 0 Å². The van der Waals surface area contributed by atoms with E-state index in [0.29, 0.717) is 17.7 Å². The Bertz CT molecular complexity index is 1200. The summed E-state index contributed by atoms with van der Waals surface area (Å²) in [7, 11) is 1.91. The molecule has 1 aliphatic heterocycles. The lowest BCUT2D eigenvalue weighted by molar-refractivity contribution is 0.290. The van der Waals surface area contributed by atoms with E-state index in [0.717, 1.165) is 5.82 Å². The first-order chi connectivity index (χ1) is 14.4. The zero-order valence-electron chi connectivity index (χ0n) is 16.4. The Labute approximate surface area is 171 Å². The van der Waals surface area contributed by atoms with Gasteiger partial charge in [-0.05, 0) is 24.6 Å². The summed E-state index contributed by atoms with van der Waals surface area (Å²) in [6, 6.07) is 9.71. The standard InChI is InChI=1S/C21H18FN5O3/c1-13-11-27-20(26(13)2)7-19(25-21(27)28)29-12-14-3-4-18(17(22)6-14)30-16-5-15(8-23)9-24-10-16/h3-7,9-10,13H,11-12H2,1-2H3. The van der Waals surface area contributed by atoms with Gasteiger partial charge in [0.15, 0.2) is 11.6 Å². The van der Waals surface area contributed by atoms with E-state index in [4.69, 9.17) is 14.7 Å². The number of hydrogen-bond acceptors (Lipinski definition) is 7. The fourth-order valence-electron chi connectivity index (χ4n) is 3.16. The zero-order chi connectivity index (χ0) is 21.3.